The molecule has 0 aromatic carbocycles. The SMILES string of the molecule is CCC(CC)NC(=O)C(C)N(CCC#N)C1CC1. The van der Waals surface area contributed by atoms with Crippen LogP contribution in [0.3, 0.4) is 0 Å². The van der Waals surface area contributed by atoms with Gasteiger partial charge in [-0.15, -0.1) is 0 Å². The summed E-state index contributed by atoms with van der Waals surface area (Å²) in [5.74, 6) is 0.105. The molecule has 0 spiro atoms. The molecule has 0 aromatic heterocycles. The van der Waals surface area contributed by atoms with Crippen LogP contribution in [0.1, 0.15) is 52.9 Å². The van der Waals surface area contributed by atoms with E-state index in [0.29, 0.717) is 19.0 Å². The van der Waals surface area contributed by atoms with Gasteiger partial charge in [0, 0.05) is 25.0 Å². The van der Waals surface area contributed by atoms with Gasteiger partial charge in [0.1, 0.15) is 0 Å². The topological polar surface area (TPSA) is 56.1 Å². The smallest absolute Gasteiger partial charge is 0.237 e. The van der Waals surface area contributed by atoms with Gasteiger partial charge in [0.05, 0.1) is 12.1 Å². The lowest BCUT2D eigenvalue weighted by Crippen LogP contribution is -2.49. The molecule has 0 bridgehead atoms. The van der Waals surface area contributed by atoms with Gasteiger partial charge in [0.15, 0.2) is 0 Å². The third-order valence-electron chi connectivity index (χ3n) is 3.71. The Kier molecular flexibility index (Phi) is 6.14. The van der Waals surface area contributed by atoms with E-state index in [9.17, 15) is 4.79 Å². The fourth-order valence-electron chi connectivity index (χ4n) is 2.24. The van der Waals surface area contributed by atoms with Crippen LogP contribution >= 0.6 is 0 Å². The van der Waals surface area contributed by atoms with Crippen LogP contribution < -0.4 is 5.32 Å². The minimum absolute atomic E-state index is 0.105. The summed E-state index contributed by atoms with van der Waals surface area (Å²) < 4.78 is 0. The van der Waals surface area contributed by atoms with E-state index >= 15 is 0 Å². The third kappa shape index (κ3) is 4.30. The molecule has 0 saturated heterocycles. The van der Waals surface area contributed by atoms with Gasteiger partial charge >= 0.3 is 0 Å². The van der Waals surface area contributed by atoms with Crippen molar-refractivity contribution in [3.8, 4) is 6.07 Å². The molecule has 1 aliphatic carbocycles. The van der Waals surface area contributed by atoms with Gasteiger partial charge in [-0.3, -0.25) is 9.69 Å². The molecule has 4 heteroatoms. The minimum atomic E-state index is -0.119. The van der Waals surface area contributed by atoms with Crippen molar-refractivity contribution < 1.29 is 4.79 Å². The molecule has 1 atom stereocenters. The molecule has 0 heterocycles. The van der Waals surface area contributed by atoms with Gasteiger partial charge < -0.3 is 5.32 Å². The number of hydrogen-bond donors (Lipinski definition) is 1. The first-order valence-corrected chi connectivity index (χ1v) is 7.07. The highest BCUT2D eigenvalue weighted by Crippen LogP contribution is 2.28. The van der Waals surface area contributed by atoms with Crippen LogP contribution in [0, 0.1) is 11.3 Å². The van der Waals surface area contributed by atoms with Crippen molar-refractivity contribution >= 4 is 5.91 Å². The van der Waals surface area contributed by atoms with E-state index in [0.717, 1.165) is 25.7 Å². The number of hydrogen-bond acceptors (Lipinski definition) is 3. The fourth-order valence-corrected chi connectivity index (χ4v) is 2.24. The normalized spacial score (nSPS) is 16.7. The molecule has 1 amide bonds. The molecule has 1 N–H and O–H groups in total. The number of carbonyl (C=O) groups excluding carboxylic acids is 1. The van der Waals surface area contributed by atoms with Crippen LogP contribution in [0.25, 0.3) is 0 Å². The van der Waals surface area contributed by atoms with E-state index in [1.807, 2.05) is 6.92 Å². The Morgan fingerprint density at radius 1 is 1.44 bits per heavy atom. The number of amides is 1. The summed E-state index contributed by atoms with van der Waals surface area (Å²) in [6.45, 7) is 6.84. The Morgan fingerprint density at radius 2 is 2.06 bits per heavy atom. The van der Waals surface area contributed by atoms with Crippen molar-refractivity contribution in [3.05, 3.63) is 0 Å². The van der Waals surface area contributed by atoms with Crippen LogP contribution in [-0.2, 0) is 4.79 Å². The first-order chi connectivity index (χ1) is 8.63. The van der Waals surface area contributed by atoms with E-state index in [1.54, 1.807) is 0 Å². The molecule has 0 aliphatic heterocycles. The number of rotatable bonds is 8. The van der Waals surface area contributed by atoms with Crippen molar-refractivity contribution in [1.82, 2.24) is 10.2 Å². The van der Waals surface area contributed by atoms with Crippen molar-refractivity contribution in [2.24, 2.45) is 0 Å². The lowest BCUT2D eigenvalue weighted by atomic mass is 10.1. The largest absolute Gasteiger partial charge is 0.352 e. The molecule has 1 unspecified atom stereocenters. The highest BCUT2D eigenvalue weighted by molar-refractivity contribution is 5.81. The van der Waals surface area contributed by atoms with Crippen LogP contribution in [0.2, 0.25) is 0 Å². The molecule has 1 aliphatic rings. The van der Waals surface area contributed by atoms with Gasteiger partial charge in [0.2, 0.25) is 5.91 Å². The lowest BCUT2D eigenvalue weighted by molar-refractivity contribution is -0.126. The summed E-state index contributed by atoms with van der Waals surface area (Å²) in [7, 11) is 0. The van der Waals surface area contributed by atoms with Crippen molar-refractivity contribution in [2.45, 2.75) is 71.0 Å². The van der Waals surface area contributed by atoms with E-state index in [4.69, 9.17) is 5.26 Å². The van der Waals surface area contributed by atoms with E-state index in [1.165, 1.54) is 0 Å². The molecule has 0 radical (unpaired) electrons. The summed E-state index contributed by atoms with van der Waals surface area (Å²) in [5, 5.41) is 11.8. The highest BCUT2D eigenvalue weighted by Gasteiger charge is 2.34. The lowest BCUT2D eigenvalue weighted by Gasteiger charge is -2.28. The molecule has 1 fully saturated rings. The summed E-state index contributed by atoms with van der Waals surface area (Å²) in [5.41, 5.74) is 0. The van der Waals surface area contributed by atoms with Gasteiger partial charge in [-0.05, 0) is 32.6 Å². The second kappa shape index (κ2) is 7.38. The molecular formula is C14H25N3O. The van der Waals surface area contributed by atoms with Gasteiger partial charge in [-0.1, -0.05) is 13.8 Å². The Hall–Kier alpha value is -1.08. The maximum absolute atomic E-state index is 12.2. The van der Waals surface area contributed by atoms with Crippen molar-refractivity contribution in [2.75, 3.05) is 6.54 Å². The second-order valence-corrected chi connectivity index (χ2v) is 5.08. The zero-order valence-corrected chi connectivity index (χ0v) is 11.8. The van der Waals surface area contributed by atoms with E-state index < -0.39 is 0 Å². The highest BCUT2D eigenvalue weighted by atomic mass is 16.2. The maximum Gasteiger partial charge on any atom is 0.237 e. The Morgan fingerprint density at radius 3 is 2.50 bits per heavy atom. The number of nitrogens with zero attached hydrogens (tertiary/aromatic N) is 2. The summed E-state index contributed by atoms with van der Waals surface area (Å²) in [4.78, 5) is 14.4. The van der Waals surface area contributed by atoms with E-state index in [2.05, 4.69) is 30.1 Å². The Bertz CT molecular complexity index is 303. The summed E-state index contributed by atoms with van der Waals surface area (Å²) >= 11 is 0. The van der Waals surface area contributed by atoms with Gasteiger partial charge in [0.25, 0.3) is 0 Å². The average molecular weight is 251 g/mol. The van der Waals surface area contributed by atoms with E-state index in [-0.39, 0.29) is 18.0 Å². The predicted octanol–water partition coefficient (Wildman–Crippen LogP) is 2.06. The summed E-state index contributed by atoms with van der Waals surface area (Å²) in [6.07, 6.45) is 4.76. The van der Waals surface area contributed by atoms with Crippen LogP contribution in [0.4, 0.5) is 0 Å². The molecule has 0 aromatic rings. The summed E-state index contributed by atoms with van der Waals surface area (Å²) in [6, 6.07) is 2.83. The predicted molar refractivity (Wildman–Crippen MR) is 71.9 cm³/mol. The molecule has 102 valence electrons. The molecule has 18 heavy (non-hydrogen) atoms. The third-order valence-corrected chi connectivity index (χ3v) is 3.71. The van der Waals surface area contributed by atoms with Crippen LogP contribution in [-0.4, -0.2) is 35.5 Å². The Balaban J connectivity index is 2.50. The number of nitrogens with one attached hydrogen (secondary N) is 1. The molecule has 1 rings (SSSR count). The molecule has 1 saturated carbocycles. The first kappa shape index (κ1) is 15.0. The van der Waals surface area contributed by atoms with Gasteiger partial charge in [-0.25, -0.2) is 0 Å². The zero-order valence-electron chi connectivity index (χ0n) is 11.8. The number of carbonyl (C=O) groups is 1. The monoisotopic (exact) mass is 251 g/mol. The first-order valence-electron chi connectivity index (χ1n) is 7.07. The van der Waals surface area contributed by atoms with Gasteiger partial charge in [-0.2, -0.15) is 5.26 Å². The minimum Gasteiger partial charge on any atom is -0.352 e. The second-order valence-electron chi connectivity index (χ2n) is 5.08. The average Bonchev–Trinajstić information content (AvgIpc) is 3.20. The van der Waals surface area contributed by atoms with Crippen molar-refractivity contribution in [1.29, 1.82) is 5.26 Å². The quantitative estimate of drug-likeness (QED) is 0.718. The van der Waals surface area contributed by atoms with Crippen LogP contribution in [0.5, 0.6) is 0 Å². The fraction of sp³-hybridized carbons (Fsp3) is 0.857. The zero-order chi connectivity index (χ0) is 13.5. The van der Waals surface area contributed by atoms with Crippen LogP contribution in [0.15, 0.2) is 0 Å². The molecule has 4 nitrogen and oxygen atoms in total. The standard InChI is InChI=1S/C14H25N3O/c1-4-12(5-2)16-14(18)11(3)17(10-6-9-15)13-7-8-13/h11-13H,4-8,10H2,1-3H3,(H,16,18). The van der Waals surface area contributed by atoms with Crippen molar-refractivity contribution in [3.63, 3.8) is 0 Å². The Labute approximate surface area is 110 Å². The molecular weight excluding hydrogens is 226 g/mol. The maximum atomic E-state index is 12.2. The number of nitriles is 1.